The van der Waals surface area contributed by atoms with E-state index in [1.165, 1.54) is 67.5 Å². The van der Waals surface area contributed by atoms with Crippen LogP contribution in [0, 0.1) is 17.2 Å². The van der Waals surface area contributed by atoms with Gasteiger partial charge in [0.1, 0.15) is 12.1 Å². The molecule has 2 fully saturated rings. The van der Waals surface area contributed by atoms with Gasteiger partial charge in [0.05, 0.1) is 12.0 Å². The summed E-state index contributed by atoms with van der Waals surface area (Å²) in [5.74, 6) is 2.63. The minimum atomic E-state index is -3.24. The topological polar surface area (TPSA) is 190 Å². The molecule has 2 saturated heterocycles. The minimum Gasteiger partial charge on any atom is -0.390 e. The van der Waals surface area contributed by atoms with Gasteiger partial charge in [-0.05, 0) is 75.4 Å². The normalized spacial score (nSPS) is 17.0. The maximum atomic E-state index is 11.0. The highest BCUT2D eigenvalue weighted by atomic mass is 32.2. The highest BCUT2D eigenvalue weighted by molar-refractivity contribution is 7.95. The van der Waals surface area contributed by atoms with Gasteiger partial charge in [-0.15, -0.1) is 0 Å². The average molecular weight is 708 g/mol. The van der Waals surface area contributed by atoms with Crippen LogP contribution in [0.15, 0.2) is 36.7 Å². The van der Waals surface area contributed by atoms with Crippen molar-refractivity contribution in [1.82, 2.24) is 34.4 Å². The molecule has 0 aliphatic carbocycles. The molecule has 0 spiro atoms. The lowest BCUT2D eigenvalue weighted by Gasteiger charge is -2.36. The summed E-state index contributed by atoms with van der Waals surface area (Å²) in [6, 6.07) is 10.7. The summed E-state index contributed by atoms with van der Waals surface area (Å²) in [6.07, 6.45) is 11.7. The van der Waals surface area contributed by atoms with Crippen LogP contribution in [0.2, 0.25) is 0 Å². The zero-order valence-corrected chi connectivity index (χ0v) is 30.9. The molecule has 48 heavy (non-hydrogen) atoms. The molecule has 272 valence electrons. The van der Waals surface area contributed by atoms with E-state index in [1.54, 1.807) is 6.33 Å². The van der Waals surface area contributed by atoms with Crippen LogP contribution in [0.1, 0.15) is 75.6 Å². The van der Waals surface area contributed by atoms with Crippen molar-refractivity contribution in [1.29, 1.82) is 5.41 Å². The number of aromatic nitrogens is 2. The quantitative estimate of drug-likeness (QED) is 0.0743. The molecule has 0 radical (unpaired) electrons. The minimum absolute atomic E-state index is 0.536. The Balaban J connectivity index is 0.000000335. The Bertz CT molecular complexity index is 1230. The number of nitrogens with one attached hydrogen (secondary N) is 5. The van der Waals surface area contributed by atoms with Crippen molar-refractivity contribution >= 4 is 34.5 Å². The molecule has 3 aliphatic rings. The number of nitrogens with two attached hydrogens (primary N) is 2. The van der Waals surface area contributed by atoms with Crippen molar-refractivity contribution in [2.24, 2.45) is 22.7 Å². The second kappa shape index (κ2) is 24.7. The molecule has 13 nitrogen and oxygen atoms in total. The van der Waals surface area contributed by atoms with E-state index in [4.69, 9.17) is 10.5 Å². The van der Waals surface area contributed by atoms with Gasteiger partial charge >= 0.3 is 0 Å². The summed E-state index contributed by atoms with van der Waals surface area (Å²) < 4.78 is 29.9. The van der Waals surface area contributed by atoms with Gasteiger partial charge in [-0.2, -0.15) is 8.42 Å². The van der Waals surface area contributed by atoms with Crippen LogP contribution in [-0.2, 0) is 29.7 Å². The van der Waals surface area contributed by atoms with Crippen molar-refractivity contribution in [3.05, 3.63) is 53.5 Å². The van der Waals surface area contributed by atoms with Crippen molar-refractivity contribution in [2.45, 2.75) is 78.3 Å². The van der Waals surface area contributed by atoms with Gasteiger partial charge in [0.15, 0.2) is 0 Å². The van der Waals surface area contributed by atoms with E-state index in [-0.39, 0.29) is 0 Å². The number of anilines is 1. The molecule has 0 saturated carbocycles. The first kappa shape index (κ1) is 41.8. The molecular weight excluding hydrogens is 647 g/mol. The van der Waals surface area contributed by atoms with Gasteiger partial charge in [-0.25, -0.2) is 19.4 Å². The van der Waals surface area contributed by atoms with Gasteiger partial charge < -0.3 is 16.0 Å². The first-order chi connectivity index (χ1) is 23.3. The van der Waals surface area contributed by atoms with E-state index in [1.807, 2.05) is 0 Å². The summed E-state index contributed by atoms with van der Waals surface area (Å²) >= 11 is 1.22. The molecule has 4 heterocycles. The lowest BCUT2D eigenvalue weighted by Crippen LogP contribution is -2.38. The monoisotopic (exact) mass is 707 g/mol. The van der Waals surface area contributed by atoms with Gasteiger partial charge in [0, 0.05) is 70.6 Å². The SMILES string of the molecule is CCC.CNS(=O)(=O)NCCC1CCNCC1.N=CN.NSNCCC1CCN(c2ncnc3c2CCN(Cc2ccccc2)C3)CC1. The van der Waals surface area contributed by atoms with E-state index >= 15 is 0 Å². The fourth-order valence-corrected chi connectivity index (χ4v) is 6.80. The second-order valence-electron chi connectivity index (χ2n) is 12.3. The molecule has 0 atom stereocenters. The highest BCUT2D eigenvalue weighted by Gasteiger charge is 2.26. The van der Waals surface area contributed by atoms with Gasteiger partial charge in [-0.1, -0.05) is 50.6 Å². The van der Waals surface area contributed by atoms with E-state index < -0.39 is 10.2 Å². The third-order valence-electron chi connectivity index (χ3n) is 8.54. The Morgan fingerprint density at radius 2 is 1.65 bits per heavy atom. The van der Waals surface area contributed by atoms with Crippen LogP contribution in [0.25, 0.3) is 0 Å². The smallest absolute Gasteiger partial charge is 0.276 e. The number of piperidine rings is 2. The number of rotatable bonds is 12. The second-order valence-corrected chi connectivity index (χ2v) is 14.5. The molecule has 2 aromatic rings. The maximum Gasteiger partial charge on any atom is 0.276 e. The summed E-state index contributed by atoms with van der Waals surface area (Å²) in [6.45, 7) is 13.1. The van der Waals surface area contributed by atoms with Gasteiger partial charge in [0.2, 0.25) is 0 Å². The zero-order chi connectivity index (χ0) is 35.0. The van der Waals surface area contributed by atoms with Crippen molar-refractivity contribution in [3.63, 3.8) is 0 Å². The molecule has 1 aromatic heterocycles. The standard InChI is InChI=1S/C21H30N6S.C8H19N3O2S.C3H8.CH4N2/c22-28-25-10-6-17-7-12-27(13-8-17)21-19-9-11-26(15-20(19)23-16-24-21)14-18-4-2-1-3-5-18;1-9-14(12,13)11-7-4-8-2-5-10-6-3-8;1-3-2;2-1-3/h1-5,16-17,25H,6-15,22H2;8-11H,2-7H2,1H3;3H2,1-2H3;1H,(H3,2,3). The third kappa shape index (κ3) is 16.4. The number of hydrogen-bond donors (Lipinski definition) is 7. The first-order valence-electron chi connectivity index (χ1n) is 17.3. The van der Waals surface area contributed by atoms with Crippen molar-refractivity contribution in [2.75, 3.05) is 57.8 Å². The van der Waals surface area contributed by atoms with Crippen LogP contribution in [0.4, 0.5) is 5.82 Å². The fraction of sp³-hybridized carbons (Fsp3) is 0.667. The van der Waals surface area contributed by atoms with E-state index in [9.17, 15) is 8.42 Å². The number of fused-ring (bicyclic) bond motifs is 1. The van der Waals surface area contributed by atoms with E-state index in [2.05, 4.69) is 89.2 Å². The van der Waals surface area contributed by atoms with Crippen LogP contribution in [-0.4, -0.2) is 82.5 Å². The van der Waals surface area contributed by atoms with E-state index in [0.29, 0.717) is 12.5 Å². The van der Waals surface area contributed by atoms with Gasteiger partial charge in [0.25, 0.3) is 10.2 Å². The number of hydrogen-bond acceptors (Lipinski definition) is 11. The summed E-state index contributed by atoms with van der Waals surface area (Å²) in [5, 5.41) is 14.6. The molecule has 1 aromatic carbocycles. The van der Waals surface area contributed by atoms with Gasteiger partial charge in [-0.3, -0.25) is 20.2 Å². The first-order valence-corrected chi connectivity index (χ1v) is 19.7. The Kier molecular flexibility index (Phi) is 21.5. The molecular formula is C33H61N11O2S2. The molecule has 5 rings (SSSR count). The Labute approximate surface area is 294 Å². The lowest BCUT2D eigenvalue weighted by molar-refractivity contribution is 0.241. The number of benzene rings is 1. The maximum absolute atomic E-state index is 11.0. The zero-order valence-electron chi connectivity index (χ0n) is 29.3. The summed E-state index contributed by atoms with van der Waals surface area (Å²) in [4.78, 5) is 14.3. The van der Waals surface area contributed by atoms with Crippen LogP contribution in [0.5, 0.6) is 0 Å². The summed E-state index contributed by atoms with van der Waals surface area (Å²) in [5.41, 5.74) is 8.33. The Morgan fingerprint density at radius 1 is 1.02 bits per heavy atom. The number of nitrogens with zero attached hydrogens (tertiary/aromatic N) is 4. The Morgan fingerprint density at radius 3 is 2.27 bits per heavy atom. The van der Waals surface area contributed by atoms with Crippen LogP contribution < -0.4 is 35.3 Å². The Hall–Kier alpha value is -2.37. The largest absolute Gasteiger partial charge is 0.390 e. The van der Waals surface area contributed by atoms with Crippen LogP contribution >= 0.6 is 12.1 Å². The predicted molar refractivity (Wildman–Crippen MR) is 201 cm³/mol. The van der Waals surface area contributed by atoms with Crippen molar-refractivity contribution in [3.8, 4) is 0 Å². The summed E-state index contributed by atoms with van der Waals surface area (Å²) in [7, 11) is -1.83. The lowest BCUT2D eigenvalue weighted by atomic mass is 9.93. The average Bonchev–Trinajstić information content (AvgIpc) is 3.10. The molecule has 0 amide bonds. The molecule has 9 N–H and O–H groups in total. The fourth-order valence-electron chi connectivity index (χ4n) is 6.04. The molecule has 0 bridgehead atoms. The highest BCUT2D eigenvalue weighted by Crippen LogP contribution is 2.30. The molecule has 3 aliphatic heterocycles. The van der Waals surface area contributed by atoms with E-state index in [0.717, 1.165) is 90.3 Å². The molecule has 0 unspecified atom stereocenters. The molecule has 15 heteroatoms. The van der Waals surface area contributed by atoms with Crippen molar-refractivity contribution < 1.29 is 8.42 Å². The third-order valence-corrected chi connectivity index (χ3v) is 10.0. The predicted octanol–water partition coefficient (Wildman–Crippen LogP) is 3.15. The van der Waals surface area contributed by atoms with Crippen LogP contribution in [0.3, 0.4) is 0 Å².